The van der Waals surface area contributed by atoms with Crippen molar-refractivity contribution in [2.24, 2.45) is 0 Å². The zero-order chi connectivity index (χ0) is 11.6. The quantitative estimate of drug-likeness (QED) is 0.641. The van der Waals surface area contributed by atoms with Crippen molar-refractivity contribution in [2.45, 2.75) is 24.9 Å². The molecule has 1 heterocycles. The van der Waals surface area contributed by atoms with Crippen molar-refractivity contribution in [3.05, 3.63) is 0 Å². The van der Waals surface area contributed by atoms with E-state index in [-0.39, 0.29) is 24.2 Å². The van der Waals surface area contributed by atoms with E-state index in [4.69, 9.17) is 0 Å². The number of rotatable bonds is 5. The van der Waals surface area contributed by atoms with Gasteiger partial charge in [0.2, 0.25) is 0 Å². The van der Waals surface area contributed by atoms with Crippen LogP contribution in [0.1, 0.15) is 12.8 Å². The first-order valence-corrected chi connectivity index (χ1v) is 7.71. The average Bonchev–Trinajstić information content (AvgIpc) is 3.04. The maximum Gasteiger partial charge on any atom is 0.152 e. The van der Waals surface area contributed by atoms with Gasteiger partial charge in [0.1, 0.15) is 0 Å². The highest BCUT2D eigenvalue weighted by atomic mass is 32.2. The highest BCUT2D eigenvalue weighted by Crippen LogP contribution is 2.19. The molecule has 0 radical (unpaired) electrons. The Hall–Kier alpha value is -0.170. The molecule has 5 nitrogen and oxygen atoms in total. The molecule has 0 aromatic rings. The SMILES string of the molecule is O=S1(=O)CCN(CC(CO)NC2CC2)CC1. The molecule has 1 saturated carbocycles. The van der Waals surface area contributed by atoms with Gasteiger partial charge >= 0.3 is 0 Å². The molecule has 0 aromatic carbocycles. The summed E-state index contributed by atoms with van der Waals surface area (Å²) in [6.07, 6.45) is 2.40. The maximum absolute atomic E-state index is 11.2. The predicted octanol–water partition coefficient (Wildman–Crippen LogP) is -1.17. The van der Waals surface area contributed by atoms with E-state index in [2.05, 4.69) is 10.2 Å². The van der Waals surface area contributed by atoms with Gasteiger partial charge in [0.05, 0.1) is 18.1 Å². The van der Waals surface area contributed by atoms with Gasteiger partial charge in [-0.2, -0.15) is 0 Å². The van der Waals surface area contributed by atoms with Gasteiger partial charge in [0.25, 0.3) is 0 Å². The highest BCUT2D eigenvalue weighted by Gasteiger charge is 2.27. The summed E-state index contributed by atoms with van der Waals surface area (Å²) in [5.74, 6) is 0.517. The second-order valence-electron chi connectivity index (χ2n) is 4.77. The van der Waals surface area contributed by atoms with Crippen LogP contribution in [0.2, 0.25) is 0 Å². The summed E-state index contributed by atoms with van der Waals surface area (Å²) < 4.78 is 22.5. The van der Waals surface area contributed by atoms with Gasteiger partial charge in [-0.05, 0) is 12.8 Å². The molecule has 0 amide bonds. The first kappa shape index (κ1) is 12.3. The lowest BCUT2D eigenvalue weighted by Gasteiger charge is -2.30. The van der Waals surface area contributed by atoms with Crippen LogP contribution in [-0.2, 0) is 9.84 Å². The van der Waals surface area contributed by atoms with Gasteiger partial charge in [-0.1, -0.05) is 0 Å². The van der Waals surface area contributed by atoms with Gasteiger partial charge in [-0.25, -0.2) is 8.42 Å². The summed E-state index contributed by atoms with van der Waals surface area (Å²) in [6, 6.07) is 0.666. The third-order valence-electron chi connectivity index (χ3n) is 3.18. The summed E-state index contributed by atoms with van der Waals surface area (Å²) in [4.78, 5) is 2.12. The molecule has 1 saturated heterocycles. The van der Waals surface area contributed by atoms with Gasteiger partial charge in [-0.15, -0.1) is 0 Å². The van der Waals surface area contributed by atoms with E-state index in [0.717, 1.165) is 6.54 Å². The van der Waals surface area contributed by atoms with Crippen LogP contribution in [0.15, 0.2) is 0 Å². The molecular weight excluding hydrogens is 228 g/mol. The van der Waals surface area contributed by atoms with Gasteiger partial charge in [0.15, 0.2) is 9.84 Å². The first-order valence-electron chi connectivity index (χ1n) is 5.89. The fourth-order valence-electron chi connectivity index (χ4n) is 1.99. The number of aliphatic hydroxyl groups is 1. The molecule has 2 fully saturated rings. The highest BCUT2D eigenvalue weighted by molar-refractivity contribution is 7.91. The number of nitrogens with zero attached hydrogens (tertiary/aromatic N) is 1. The fraction of sp³-hybridized carbons (Fsp3) is 1.00. The summed E-state index contributed by atoms with van der Waals surface area (Å²) >= 11 is 0. The Bertz CT molecular complexity index is 313. The number of nitrogens with one attached hydrogen (secondary N) is 1. The van der Waals surface area contributed by atoms with Gasteiger partial charge in [0, 0.05) is 31.7 Å². The van der Waals surface area contributed by atoms with Crippen molar-refractivity contribution in [3.63, 3.8) is 0 Å². The van der Waals surface area contributed by atoms with Crippen LogP contribution in [0.3, 0.4) is 0 Å². The fourth-order valence-corrected chi connectivity index (χ4v) is 3.27. The third-order valence-corrected chi connectivity index (χ3v) is 4.79. The summed E-state index contributed by atoms with van der Waals surface area (Å²) in [5, 5.41) is 12.6. The van der Waals surface area contributed by atoms with E-state index in [1.165, 1.54) is 12.8 Å². The van der Waals surface area contributed by atoms with Crippen molar-refractivity contribution in [1.29, 1.82) is 0 Å². The van der Waals surface area contributed by atoms with E-state index in [9.17, 15) is 13.5 Å². The monoisotopic (exact) mass is 248 g/mol. The molecule has 16 heavy (non-hydrogen) atoms. The Morgan fingerprint density at radius 1 is 1.31 bits per heavy atom. The van der Waals surface area contributed by atoms with Crippen LogP contribution >= 0.6 is 0 Å². The predicted molar refractivity (Wildman–Crippen MR) is 62.1 cm³/mol. The Morgan fingerprint density at radius 3 is 2.44 bits per heavy atom. The lowest BCUT2D eigenvalue weighted by molar-refractivity contribution is 0.186. The first-order chi connectivity index (χ1) is 7.59. The van der Waals surface area contributed by atoms with Gasteiger partial charge in [-0.3, -0.25) is 4.90 Å². The molecule has 2 aliphatic rings. The molecule has 1 aliphatic carbocycles. The van der Waals surface area contributed by atoms with Crippen LogP contribution < -0.4 is 5.32 Å². The molecule has 1 aliphatic heterocycles. The summed E-state index contributed by atoms with van der Waals surface area (Å²) in [5.41, 5.74) is 0. The Kier molecular flexibility index (Phi) is 3.84. The summed E-state index contributed by atoms with van der Waals surface area (Å²) in [6.45, 7) is 2.08. The second-order valence-corrected chi connectivity index (χ2v) is 7.08. The second kappa shape index (κ2) is 5.00. The van der Waals surface area contributed by atoms with Gasteiger partial charge < -0.3 is 10.4 Å². The van der Waals surface area contributed by atoms with Crippen molar-refractivity contribution in [1.82, 2.24) is 10.2 Å². The maximum atomic E-state index is 11.2. The van der Waals surface area contributed by atoms with Crippen LogP contribution in [-0.4, -0.2) is 68.3 Å². The normalized spacial score (nSPS) is 27.8. The van der Waals surface area contributed by atoms with Crippen LogP contribution in [0.4, 0.5) is 0 Å². The molecule has 0 bridgehead atoms. The molecule has 1 unspecified atom stereocenters. The van der Waals surface area contributed by atoms with Crippen molar-refractivity contribution in [2.75, 3.05) is 37.7 Å². The third kappa shape index (κ3) is 3.69. The zero-order valence-electron chi connectivity index (χ0n) is 9.43. The Balaban J connectivity index is 1.75. The van der Waals surface area contributed by atoms with Crippen molar-refractivity contribution < 1.29 is 13.5 Å². The number of hydrogen-bond acceptors (Lipinski definition) is 5. The molecular formula is C10H20N2O3S. The number of sulfone groups is 1. The van der Waals surface area contributed by atoms with E-state index >= 15 is 0 Å². The van der Waals surface area contributed by atoms with E-state index in [0.29, 0.717) is 19.1 Å². The minimum atomic E-state index is -2.79. The molecule has 0 spiro atoms. The number of hydrogen-bond donors (Lipinski definition) is 2. The molecule has 94 valence electrons. The van der Waals surface area contributed by atoms with Crippen LogP contribution in [0.5, 0.6) is 0 Å². The zero-order valence-corrected chi connectivity index (χ0v) is 10.2. The minimum absolute atomic E-state index is 0.0910. The average molecular weight is 248 g/mol. The molecule has 2 rings (SSSR count). The molecule has 2 N–H and O–H groups in total. The van der Waals surface area contributed by atoms with Crippen LogP contribution in [0.25, 0.3) is 0 Å². The lowest BCUT2D eigenvalue weighted by atomic mass is 10.2. The summed E-state index contributed by atoms with van der Waals surface area (Å²) in [7, 11) is -2.79. The van der Waals surface area contributed by atoms with E-state index in [1.807, 2.05) is 0 Å². The Labute approximate surface area is 96.7 Å². The minimum Gasteiger partial charge on any atom is -0.395 e. The standard InChI is InChI=1S/C10H20N2O3S/c13-8-10(11-9-1-2-9)7-12-3-5-16(14,15)6-4-12/h9-11,13H,1-8H2. The molecule has 1 atom stereocenters. The van der Waals surface area contributed by atoms with Crippen LogP contribution in [0, 0.1) is 0 Å². The molecule has 6 heteroatoms. The van der Waals surface area contributed by atoms with Crippen molar-refractivity contribution in [3.8, 4) is 0 Å². The Morgan fingerprint density at radius 2 is 1.94 bits per heavy atom. The van der Waals surface area contributed by atoms with E-state index in [1.54, 1.807) is 0 Å². The van der Waals surface area contributed by atoms with E-state index < -0.39 is 9.84 Å². The number of aliphatic hydroxyl groups excluding tert-OH is 1. The smallest absolute Gasteiger partial charge is 0.152 e. The topological polar surface area (TPSA) is 69.6 Å². The largest absolute Gasteiger partial charge is 0.395 e. The lowest BCUT2D eigenvalue weighted by Crippen LogP contribution is -2.49. The van der Waals surface area contributed by atoms with Crippen molar-refractivity contribution >= 4 is 9.84 Å². The molecule has 0 aromatic heterocycles.